The summed E-state index contributed by atoms with van der Waals surface area (Å²) in [5.74, 6) is -0.168. The number of carbonyl (C=O) groups excluding carboxylic acids is 1. The van der Waals surface area contributed by atoms with E-state index in [2.05, 4.69) is 4.72 Å². The molecular formula is C16H17N3O6S. The van der Waals surface area contributed by atoms with Gasteiger partial charge in [0.25, 0.3) is 11.6 Å². The van der Waals surface area contributed by atoms with Gasteiger partial charge in [-0.1, -0.05) is 12.1 Å². The maximum absolute atomic E-state index is 12.5. The Morgan fingerprint density at radius 1 is 1.23 bits per heavy atom. The fourth-order valence-electron chi connectivity index (χ4n) is 2.89. The van der Waals surface area contributed by atoms with Crippen LogP contribution in [0.4, 0.5) is 5.69 Å². The standard InChI is InChI=1S/C16H17N3O6S/c20-16(12-7-10-25-11-12)18-8-5-13(6-9-18)17-26(23,24)15-4-2-1-3-14(15)19(21)22/h1-4,7,10-11,13,17H,5-6,8-9H2. The molecule has 1 aromatic carbocycles. The summed E-state index contributed by atoms with van der Waals surface area (Å²) in [5.41, 5.74) is -0.0171. The van der Waals surface area contributed by atoms with Crippen molar-refractivity contribution in [3.05, 3.63) is 58.5 Å². The topological polar surface area (TPSA) is 123 Å². The second-order valence-electron chi connectivity index (χ2n) is 5.92. The van der Waals surface area contributed by atoms with Crippen molar-refractivity contribution >= 4 is 21.6 Å². The van der Waals surface area contributed by atoms with Crippen molar-refractivity contribution < 1.29 is 22.6 Å². The Morgan fingerprint density at radius 3 is 2.54 bits per heavy atom. The van der Waals surface area contributed by atoms with Gasteiger partial charge >= 0.3 is 0 Å². The maximum Gasteiger partial charge on any atom is 0.289 e. The number of nitrogens with one attached hydrogen (secondary N) is 1. The lowest BCUT2D eigenvalue weighted by atomic mass is 10.1. The molecule has 1 aliphatic rings. The molecule has 1 fully saturated rings. The molecule has 1 amide bonds. The van der Waals surface area contributed by atoms with Crippen LogP contribution in [-0.2, 0) is 10.0 Å². The first-order valence-corrected chi connectivity index (χ1v) is 9.44. The van der Waals surface area contributed by atoms with Crippen LogP contribution in [0.15, 0.2) is 52.2 Å². The number of furan rings is 1. The van der Waals surface area contributed by atoms with Crippen LogP contribution in [0.5, 0.6) is 0 Å². The molecule has 9 nitrogen and oxygen atoms in total. The summed E-state index contributed by atoms with van der Waals surface area (Å²) < 4.78 is 32.4. The Hall–Kier alpha value is -2.72. The van der Waals surface area contributed by atoms with E-state index in [0.717, 1.165) is 6.07 Å². The van der Waals surface area contributed by atoms with Gasteiger partial charge in [0.2, 0.25) is 10.0 Å². The molecule has 3 rings (SSSR count). The summed E-state index contributed by atoms with van der Waals surface area (Å²) in [4.78, 5) is 23.8. The van der Waals surface area contributed by atoms with Crippen LogP contribution in [0.1, 0.15) is 23.2 Å². The minimum absolute atomic E-state index is 0.168. The highest BCUT2D eigenvalue weighted by atomic mass is 32.2. The average Bonchev–Trinajstić information content (AvgIpc) is 3.16. The Labute approximate surface area is 149 Å². The van der Waals surface area contributed by atoms with Crippen molar-refractivity contribution in [1.82, 2.24) is 9.62 Å². The monoisotopic (exact) mass is 379 g/mol. The lowest BCUT2D eigenvalue weighted by molar-refractivity contribution is -0.387. The molecule has 0 aliphatic carbocycles. The number of rotatable bonds is 5. The zero-order valence-corrected chi connectivity index (χ0v) is 14.5. The van der Waals surface area contributed by atoms with Gasteiger partial charge in [-0.05, 0) is 25.0 Å². The van der Waals surface area contributed by atoms with Gasteiger partial charge < -0.3 is 9.32 Å². The first-order valence-electron chi connectivity index (χ1n) is 7.96. The number of nitro groups is 1. The minimum atomic E-state index is -4.03. The summed E-state index contributed by atoms with van der Waals surface area (Å²) in [6.07, 6.45) is 3.62. The number of hydrogen-bond acceptors (Lipinski definition) is 6. The third-order valence-corrected chi connectivity index (χ3v) is 5.79. The zero-order chi connectivity index (χ0) is 18.7. The number of benzene rings is 1. The van der Waals surface area contributed by atoms with Gasteiger partial charge in [-0.15, -0.1) is 0 Å². The SMILES string of the molecule is O=C(c1ccoc1)N1CCC(NS(=O)(=O)c2ccccc2[N+](=O)[O-])CC1. The van der Waals surface area contributed by atoms with E-state index in [1.165, 1.54) is 30.7 Å². The van der Waals surface area contributed by atoms with Crippen LogP contribution in [0.3, 0.4) is 0 Å². The van der Waals surface area contributed by atoms with E-state index in [0.29, 0.717) is 31.5 Å². The van der Waals surface area contributed by atoms with Crippen LogP contribution in [0.2, 0.25) is 0 Å². The van der Waals surface area contributed by atoms with E-state index in [9.17, 15) is 23.3 Å². The molecule has 0 radical (unpaired) electrons. The summed E-state index contributed by atoms with van der Waals surface area (Å²) in [6.45, 7) is 0.766. The van der Waals surface area contributed by atoms with E-state index in [4.69, 9.17) is 4.42 Å². The van der Waals surface area contributed by atoms with Gasteiger partial charge in [0.15, 0.2) is 4.90 Å². The fourth-order valence-corrected chi connectivity index (χ4v) is 4.36. The number of carbonyl (C=O) groups is 1. The molecule has 10 heteroatoms. The maximum atomic E-state index is 12.5. The van der Waals surface area contributed by atoms with E-state index < -0.39 is 26.7 Å². The summed E-state index contributed by atoms with van der Waals surface area (Å²) in [7, 11) is -4.03. The third-order valence-electron chi connectivity index (χ3n) is 4.22. The Bertz CT molecular complexity index is 902. The Morgan fingerprint density at radius 2 is 1.92 bits per heavy atom. The number of nitro benzene ring substituents is 1. The number of piperidine rings is 1. The molecule has 0 spiro atoms. The number of amides is 1. The van der Waals surface area contributed by atoms with Crippen molar-refractivity contribution in [2.24, 2.45) is 0 Å². The number of para-hydroxylation sites is 1. The van der Waals surface area contributed by atoms with Crippen molar-refractivity contribution in [2.45, 2.75) is 23.8 Å². The molecule has 0 unspecified atom stereocenters. The Balaban J connectivity index is 1.66. The zero-order valence-electron chi connectivity index (χ0n) is 13.7. The van der Waals surface area contributed by atoms with E-state index in [1.54, 1.807) is 11.0 Å². The molecule has 1 aromatic heterocycles. The molecular weight excluding hydrogens is 362 g/mol. The predicted octanol–water partition coefficient (Wildman–Crippen LogP) is 1.77. The van der Waals surface area contributed by atoms with Crippen LogP contribution in [-0.4, -0.2) is 43.3 Å². The van der Waals surface area contributed by atoms with E-state index in [1.807, 2.05) is 0 Å². The quantitative estimate of drug-likeness (QED) is 0.624. The van der Waals surface area contributed by atoms with Gasteiger partial charge in [-0.2, -0.15) is 0 Å². The second-order valence-corrected chi connectivity index (χ2v) is 7.61. The highest BCUT2D eigenvalue weighted by Gasteiger charge is 2.30. The summed E-state index contributed by atoms with van der Waals surface area (Å²) in [6, 6.07) is 6.39. The molecule has 26 heavy (non-hydrogen) atoms. The van der Waals surface area contributed by atoms with Crippen LogP contribution >= 0.6 is 0 Å². The van der Waals surface area contributed by atoms with Crippen LogP contribution < -0.4 is 4.72 Å². The highest BCUT2D eigenvalue weighted by Crippen LogP contribution is 2.24. The Kier molecular flexibility index (Phi) is 5.05. The third kappa shape index (κ3) is 3.75. The fraction of sp³-hybridized carbons (Fsp3) is 0.312. The smallest absolute Gasteiger partial charge is 0.289 e. The minimum Gasteiger partial charge on any atom is -0.472 e. The molecule has 0 bridgehead atoms. The van der Waals surface area contributed by atoms with Crippen molar-refractivity contribution in [1.29, 1.82) is 0 Å². The summed E-state index contributed by atoms with van der Waals surface area (Å²) in [5, 5.41) is 11.1. The first-order chi connectivity index (χ1) is 12.4. The number of sulfonamides is 1. The highest BCUT2D eigenvalue weighted by molar-refractivity contribution is 7.89. The normalized spacial score (nSPS) is 15.8. The van der Waals surface area contributed by atoms with Gasteiger partial charge in [-0.25, -0.2) is 13.1 Å². The van der Waals surface area contributed by atoms with Gasteiger partial charge in [0, 0.05) is 25.2 Å². The van der Waals surface area contributed by atoms with Crippen molar-refractivity contribution in [3.63, 3.8) is 0 Å². The second kappa shape index (κ2) is 7.26. The van der Waals surface area contributed by atoms with Gasteiger partial charge in [0.1, 0.15) is 6.26 Å². The average molecular weight is 379 g/mol. The van der Waals surface area contributed by atoms with E-state index in [-0.39, 0.29) is 10.8 Å². The summed E-state index contributed by atoms with van der Waals surface area (Å²) >= 11 is 0. The lowest BCUT2D eigenvalue weighted by Crippen LogP contribution is -2.46. The molecule has 2 heterocycles. The number of nitrogens with zero attached hydrogens (tertiary/aromatic N) is 2. The molecule has 0 atom stereocenters. The van der Waals surface area contributed by atoms with Crippen molar-refractivity contribution in [2.75, 3.05) is 13.1 Å². The molecule has 2 aromatic rings. The first kappa shape index (κ1) is 18.1. The van der Waals surface area contributed by atoms with Crippen LogP contribution in [0.25, 0.3) is 0 Å². The largest absolute Gasteiger partial charge is 0.472 e. The predicted molar refractivity (Wildman–Crippen MR) is 91.1 cm³/mol. The molecule has 1 aliphatic heterocycles. The molecule has 0 saturated carbocycles. The number of likely N-dealkylation sites (tertiary alicyclic amines) is 1. The van der Waals surface area contributed by atoms with Gasteiger partial charge in [-0.3, -0.25) is 14.9 Å². The van der Waals surface area contributed by atoms with Crippen LogP contribution in [0, 0.1) is 10.1 Å². The van der Waals surface area contributed by atoms with E-state index >= 15 is 0 Å². The molecule has 138 valence electrons. The molecule has 1 N–H and O–H groups in total. The number of hydrogen-bond donors (Lipinski definition) is 1. The van der Waals surface area contributed by atoms with Crippen molar-refractivity contribution in [3.8, 4) is 0 Å². The lowest BCUT2D eigenvalue weighted by Gasteiger charge is -2.32. The van der Waals surface area contributed by atoms with Gasteiger partial charge in [0.05, 0.1) is 16.7 Å². The molecule has 1 saturated heterocycles.